The van der Waals surface area contributed by atoms with Crippen LogP contribution in [0.25, 0.3) is 0 Å². The van der Waals surface area contributed by atoms with Crippen molar-refractivity contribution in [2.24, 2.45) is 5.92 Å². The predicted octanol–water partition coefficient (Wildman–Crippen LogP) is 2.06. The number of aryl methyl sites for hydroxylation is 1. The van der Waals surface area contributed by atoms with Crippen molar-refractivity contribution in [3.05, 3.63) is 29.8 Å². The number of esters is 1. The standard InChI is InChI=1S/C16H22O6S/c1-12-3-7-16(8-4-12)23(18,19)22-10-14(9-20-13(2)17)5-6-15-11-21-15/h3-4,7-8,14-15H,5-6,9-11H2,1-2H3/t14-,15?/m1/s1. The number of benzene rings is 1. The Morgan fingerprint density at radius 3 is 2.52 bits per heavy atom. The van der Waals surface area contributed by atoms with Crippen molar-refractivity contribution in [3.8, 4) is 0 Å². The lowest BCUT2D eigenvalue weighted by Gasteiger charge is -2.16. The maximum atomic E-state index is 12.2. The molecule has 1 saturated heterocycles. The first kappa shape index (κ1) is 17.9. The van der Waals surface area contributed by atoms with Gasteiger partial charge in [-0.1, -0.05) is 17.7 Å². The molecule has 0 aromatic heterocycles. The highest BCUT2D eigenvalue weighted by Crippen LogP contribution is 2.21. The summed E-state index contributed by atoms with van der Waals surface area (Å²) in [6.45, 7) is 4.07. The maximum absolute atomic E-state index is 12.2. The molecule has 0 aliphatic carbocycles. The molecule has 1 aliphatic heterocycles. The molecular weight excluding hydrogens is 320 g/mol. The van der Waals surface area contributed by atoms with Gasteiger partial charge in [0.25, 0.3) is 10.1 Å². The number of hydrogen-bond acceptors (Lipinski definition) is 6. The molecule has 128 valence electrons. The van der Waals surface area contributed by atoms with Crippen molar-refractivity contribution in [2.75, 3.05) is 19.8 Å². The number of hydrogen-bond donors (Lipinski definition) is 0. The fraction of sp³-hybridized carbons (Fsp3) is 0.562. The highest BCUT2D eigenvalue weighted by molar-refractivity contribution is 7.86. The van der Waals surface area contributed by atoms with Crippen LogP contribution in [0.15, 0.2) is 29.2 Å². The molecule has 1 aromatic rings. The van der Waals surface area contributed by atoms with E-state index >= 15 is 0 Å². The molecule has 0 spiro atoms. The minimum absolute atomic E-state index is 0.0176. The topological polar surface area (TPSA) is 82.2 Å². The monoisotopic (exact) mass is 342 g/mol. The summed E-state index contributed by atoms with van der Waals surface area (Å²) in [5, 5.41) is 0. The summed E-state index contributed by atoms with van der Waals surface area (Å²) in [6.07, 6.45) is 1.73. The Bertz CT molecular complexity index is 618. The first-order valence-electron chi connectivity index (χ1n) is 7.58. The van der Waals surface area contributed by atoms with Gasteiger partial charge in [-0.2, -0.15) is 8.42 Å². The van der Waals surface area contributed by atoms with Gasteiger partial charge in [0, 0.05) is 12.8 Å². The summed E-state index contributed by atoms with van der Waals surface area (Å²) in [5.74, 6) is -0.567. The molecule has 2 rings (SSSR count). The van der Waals surface area contributed by atoms with Crippen LogP contribution >= 0.6 is 0 Å². The normalized spacial score (nSPS) is 18.4. The zero-order valence-corrected chi connectivity index (χ0v) is 14.2. The molecule has 0 saturated carbocycles. The van der Waals surface area contributed by atoms with Crippen molar-refractivity contribution in [1.29, 1.82) is 0 Å². The lowest BCUT2D eigenvalue weighted by Crippen LogP contribution is -2.21. The number of carbonyl (C=O) groups is 1. The van der Waals surface area contributed by atoms with Gasteiger partial charge in [0.05, 0.1) is 30.8 Å². The summed E-state index contributed by atoms with van der Waals surface area (Å²) in [6, 6.07) is 6.47. The average molecular weight is 342 g/mol. The molecule has 0 radical (unpaired) electrons. The molecule has 0 amide bonds. The van der Waals surface area contributed by atoms with E-state index in [2.05, 4.69) is 0 Å². The van der Waals surface area contributed by atoms with Gasteiger partial charge in [-0.25, -0.2) is 0 Å². The van der Waals surface area contributed by atoms with Crippen molar-refractivity contribution in [1.82, 2.24) is 0 Å². The molecule has 7 heteroatoms. The number of rotatable bonds is 9. The second-order valence-corrected chi connectivity index (χ2v) is 7.37. The Morgan fingerprint density at radius 1 is 1.30 bits per heavy atom. The van der Waals surface area contributed by atoms with Gasteiger partial charge in [-0.3, -0.25) is 8.98 Å². The van der Waals surface area contributed by atoms with Gasteiger partial charge in [-0.05, 0) is 31.9 Å². The molecule has 1 fully saturated rings. The Morgan fingerprint density at radius 2 is 1.96 bits per heavy atom. The summed E-state index contributed by atoms with van der Waals surface area (Å²) in [4.78, 5) is 11.1. The lowest BCUT2D eigenvalue weighted by atomic mass is 10.0. The van der Waals surface area contributed by atoms with Gasteiger partial charge in [0.15, 0.2) is 0 Å². The molecule has 0 N–H and O–H groups in total. The van der Waals surface area contributed by atoms with E-state index in [1.165, 1.54) is 19.1 Å². The molecule has 1 aromatic carbocycles. The minimum Gasteiger partial charge on any atom is -0.465 e. The summed E-state index contributed by atoms with van der Waals surface area (Å²) in [5.41, 5.74) is 0.973. The van der Waals surface area contributed by atoms with Gasteiger partial charge < -0.3 is 9.47 Å². The SMILES string of the molecule is CC(=O)OC[C@@H](CCC1CO1)COS(=O)(=O)c1ccc(C)cc1. The first-order chi connectivity index (χ1) is 10.9. The van der Waals surface area contributed by atoms with Crippen LogP contribution < -0.4 is 0 Å². The third kappa shape index (κ3) is 6.29. The Kier molecular flexibility index (Phi) is 6.15. The van der Waals surface area contributed by atoms with E-state index < -0.39 is 10.1 Å². The van der Waals surface area contributed by atoms with Crippen molar-refractivity contribution in [3.63, 3.8) is 0 Å². The molecule has 6 nitrogen and oxygen atoms in total. The zero-order valence-electron chi connectivity index (χ0n) is 13.4. The molecule has 2 atom stereocenters. The van der Waals surface area contributed by atoms with Crippen LogP contribution in [0.1, 0.15) is 25.3 Å². The molecule has 1 aliphatic rings. The first-order valence-corrected chi connectivity index (χ1v) is 8.98. The Hall–Kier alpha value is -1.44. The summed E-state index contributed by atoms with van der Waals surface area (Å²) < 4.78 is 39.6. The summed E-state index contributed by atoms with van der Waals surface area (Å²) in [7, 11) is -3.81. The number of ether oxygens (including phenoxy) is 2. The second-order valence-electron chi connectivity index (χ2n) is 5.75. The fourth-order valence-electron chi connectivity index (χ4n) is 2.07. The Labute approximate surface area is 136 Å². The fourth-order valence-corrected chi connectivity index (χ4v) is 3.04. The van der Waals surface area contributed by atoms with E-state index in [9.17, 15) is 13.2 Å². The Balaban J connectivity index is 1.91. The smallest absolute Gasteiger partial charge is 0.302 e. The van der Waals surface area contributed by atoms with Crippen LogP contribution in [0.2, 0.25) is 0 Å². The van der Waals surface area contributed by atoms with E-state index in [1.807, 2.05) is 6.92 Å². The van der Waals surface area contributed by atoms with Gasteiger partial charge in [0.2, 0.25) is 0 Å². The minimum atomic E-state index is -3.81. The van der Waals surface area contributed by atoms with Crippen LogP contribution in [-0.4, -0.2) is 40.3 Å². The highest BCUT2D eigenvalue weighted by atomic mass is 32.2. The number of carbonyl (C=O) groups excluding carboxylic acids is 1. The average Bonchev–Trinajstić information content (AvgIpc) is 3.31. The predicted molar refractivity (Wildman–Crippen MR) is 83.4 cm³/mol. The van der Waals surface area contributed by atoms with E-state index in [1.54, 1.807) is 12.1 Å². The van der Waals surface area contributed by atoms with E-state index in [-0.39, 0.29) is 36.1 Å². The maximum Gasteiger partial charge on any atom is 0.302 e. The zero-order chi connectivity index (χ0) is 16.9. The van der Waals surface area contributed by atoms with Crippen LogP contribution in [-0.2, 0) is 28.6 Å². The van der Waals surface area contributed by atoms with Crippen molar-refractivity contribution in [2.45, 2.75) is 37.7 Å². The lowest BCUT2D eigenvalue weighted by molar-refractivity contribution is -0.142. The van der Waals surface area contributed by atoms with Crippen LogP contribution in [0.4, 0.5) is 0 Å². The second kappa shape index (κ2) is 7.90. The van der Waals surface area contributed by atoms with E-state index in [0.29, 0.717) is 6.42 Å². The van der Waals surface area contributed by atoms with E-state index in [0.717, 1.165) is 18.6 Å². The van der Waals surface area contributed by atoms with Crippen molar-refractivity contribution >= 4 is 16.1 Å². The van der Waals surface area contributed by atoms with Gasteiger partial charge in [0.1, 0.15) is 0 Å². The molecule has 1 unspecified atom stereocenters. The molecule has 0 bridgehead atoms. The summed E-state index contributed by atoms with van der Waals surface area (Å²) >= 11 is 0. The molecular formula is C16H22O6S. The van der Waals surface area contributed by atoms with Gasteiger partial charge in [-0.15, -0.1) is 0 Å². The largest absolute Gasteiger partial charge is 0.465 e. The quantitative estimate of drug-likeness (QED) is 0.388. The highest BCUT2D eigenvalue weighted by Gasteiger charge is 2.25. The van der Waals surface area contributed by atoms with E-state index in [4.69, 9.17) is 13.7 Å². The van der Waals surface area contributed by atoms with Crippen LogP contribution in [0, 0.1) is 12.8 Å². The number of epoxide rings is 1. The third-order valence-corrected chi connectivity index (χ3v) is 4.89. The third-order valence-electron chi connectivity index (χ3n) is 3.59. The van der Waals surface area contributed by atoms with Gasteiger partial charge >= 0.3 is 5.97 Å². The molecule has 1 heterocycles. The van der Waals surface area contributed by atoms with Crippen LogP contribution in [0.3, 0.4) is 0 Å². The van der Waals surface area contributed by atoms with Crippen LogP contribution in [0.5, 0.6) is 0 Å². The van der Waals surface area contributed by atoms with Crippen molar-refractivity contribution < 1.29 is 26.9 Å². The molecule has 23 heavy (non-hydrogen) atoms.